The molecule has 1 aromatic heterocycles. The standard InChI is InChI=1S/C9H12F2N2/c1-6(12)5-7-3-2-4-8(13-7)9(10)11/h2-4,6,9H,5,12H2,1H3. The van der Waals surface area contributed by atoms with Crippen molar-refractivity contribution in [1.29, 1.82) is 0 Å². The van der Waals surface area contributed by atoms with Crippen molar-refractivity contribution in [3.05, 3.63) is 29.6 Å². The fourth-order valence-electron chi connectivity index (χ4n) is 1.06. The van der Waals surface area contributed by atoms with E-state index in [9.17, 15) is 8.78 Å². The Bertz CT molecular complexity index is 274. The van der Waals surface area contributed by atoms with Gasteiger partial charge in [0.05, 0.1) is 0 Å². The van der Waals surface area contributed by atoms with Gasteiger partial charge in [0, 0.05) is 18.2 Å². The van der Waals surface area contributed by atoms with Gasteiger partial charge in [0.15, 0.2) is 0 Å². The molecular weight excluding hydrogens is 174 g/mol. The van der Waals surface area contributed by atoms with Crippen LogP contribution in [0.15, 0.2) is 18.2 Å². The van der Waals surface area contributed by atoms with Gasteiger partial charge in [-0.3, -0.25) is 4.98 Å². The molecule has 0 aromatic carbocycles. The second-order valence-corrected chi connectivity index (χ2v) is 3.04. The Labute approximate surface area is 75.8 Å². The molecule has 1 atom stereocenters. The van der Waals surface area contributed by atoms with Crippen LogP contribution in [0.5, 0.6) is 0 Å². The molecule has 0 amide bonds. The number of aromatic nitrogens is 1. The monoisotopic (exact) mass is 186 g/mol. The fourth-order valence-corrected chi connectivity index (χ4v) is 1.06. The lowest BCUT2D eigenvalue weighted by atomic mass is 10.2. The first-order chi connectivity index (χ1) is 6.09. The average molecular weight is 186 g/mol. The lowest BCUT2D eigenvalue weighted by Crippen LogP contribution is -2.18. The minimum Gasteiger partial charge on any atom is -0.328 e. The molecule has 1 unspecified atom stereocenters. The number of pyridine rings is 1. The number of hydrogen-bond donors (Lipinski definition) is 1. The SMILES string of the molecule is CC(N)Cc1cccc(C(F)F)n1. The molecule has 1 aromatic rings. The molecule has 0 aliphatic carbocycles. The summed E-state index contributed by atoms with van der Waals surface area (Å²) in [7, 11) is 0. The minimum atomic E-state index is -2.51. The Balaban J connectivity index is 2.79. The number of nitrogens with two attached hydrogens (primary N) is 1. The highest BCUT2D eigenvalue weighted by atomic mass is 19.3. The second kappa shape index (κ2) is 4.28. The third-order valence-corrected chi connectivity index (χ3v) is 1.58. The van der Waals surface area contributed by atoms with Crippen molar-refractivity contribution in [1.82, 2.24) is 4.98 Å². The van der Waals surface area contributed by atoms with E-state index in [1.54, 1.807) is 12.1 Å². The maximum Gasteiger partial charge on any atom is 0.280 e. The van der Waals surface area contributed by atoms with Gasteiger partial charge in [0.2, 0.25) is 0 Å². The Morgan fingerprint density at radius 1 is 1.46 bits per heavy atom. The van der Waals surface area contributed by atoms with Crippen LogP contribution in [0.25, 0.3) is 0 Å². The fraction of sp³-hybridized carbons (Fsp3) is 0.444. The topological polar surface area (TPSA) is 38.9 Å². The van der Waals surface area contributed by atoms with E-state index < -0.39 is 6.43 Å². The predicted octanol–water partition coefficient (Wildman–Crippen LogP) is 1.91. The zero-order valence-corrected chi connectivity index (χ0v) is 7.37. The van der Waals surface area contributed by atoms with Crippen LogP contribution in [-0.4, -0.2) is 11.0 Å². The summed E-state index contributed by atoms with van der Waals surface area (Å²) in [5.41, 5.74) is 5.96. The van der Waals surface area contributed by atoms with Gasteiger partial charge in [-0.1, -0.05) is 6.07 Å². The van der Waals surface area contributed by atoms with E-state index >= 15 is 0 Å². The lowest BCUT2D eigenvalue weighted by Gasteiger charge is -2.05. The molecule has 0 aliphatic rings. The first kappa shape index (κ1) is 10.1. The third kappa shape index (κ3) is 3.06. The first-order valence-corrected chi connectivity index (χ1v) is 4.09. The summed E-state index contributed by atoms with van der Waals surface area (Å²) in [6.07, 6.45) is -1.98. The van der Waals surface area contributed by atoms with Crippen LogP contribution >= 0.6 is 0 Å². The molecule has 72 valence electrons. The molecule has 0 spiro atoms. The van der Waals surface area contributed by atoms with Crippen LogP contribution in [0.3, 0.4) is 0 Å². The van der Waals surface area contributed by atoms with Crippen molar-refractivity contribution in [2.75, 3.05) is 0 Å². The molecule has 0 fully saturated rings. The number of halogens is 2. The van der Waals surface area contributed by atoms with Crippen LogP contribution in [0.4, 0.5) is 8.78 Å². The van der Waals surface area contributed by atoms with Crippen LogP contribution in [0.2, 0.25) is 0 Å². The van der Waals surface area contributed by atoms with E-state index in [4.69, 9.17) is 5.73 Å². The first-order valence-electron chi connectivity index (χ1n) is 4.09. The zero-order chi connectivity index (χ0) is 9.84. The Kier molecular flexibility index (Phi) is 3.31. The largest absolute Gasteiger partial charge is 0.328 e. The summed E-state index contributed by atoms with van der Waals surface area (Å²) >= 11 is 0. The average Bonchev–Trinajstić information content (AvgIpc) is 2.03. The van der Waals surface area contributed by atoms with Gasteiger partial charge in [-0.25, -0.2) is 8.78 Å². The number of hydrogen-bond acceptors (Lipinski definition) is 2. The van der Waals surface area contributed by atoms with Crippen molar-refractivity contribution in [2.24, 2.45) is 5.73 Å². The second-order valence-electron chi connectivity index (χ2n) is 3.04. The molecule has 0 saturated heterocycles. The van der Waals surface area contributed by atoms with Crippen LogP contribution in [-0.2, 0) is 6.42 Å². The summed E-state index contributed by atoms with van der Waals surface area (Å²) in [6, 6.07) is 4.54. The highest BCUT2D eigenvalue weighted by Crippen LogP contribution is 2.16. The van der Waals surface area contributed by atoms with Crippen LogP contribution < -0.4 is 5.73 Å². The van der Waals surface area contributed by atoms with Crippen LogP contribution in [0, 0.1) is 0 Å². The molecular formula is C9H12F2N2. The van der Waals surface area contributed by atoms with Crippen molar-refractivity contribution >= 4 is 0 Å². The summed E-state index contributed by atoms with van der Waals surface area (Å²) in [4.78, 5) is 3.78. The van der Waals surface area contributed by atoms with E-state index in [0.717, 1.165) is 0 Å². The summed E-state index contributed by atoms with van der Waals surface area (Å²) in [5.74, 6) is 0. The van der Waals surface area contributed by atoms with Gasteiger partial charge in [0.25, 0.3) is 6.43 Å². The van der Waals surface area contributed by atoms with Gasteiger partial charge in [-0.05, 0) is 19.1 Å². The molecule has 0 bridgehead atoms. The third-order valence-electron chi connectivity index (χ3n) is 1.58. The summed E-state index contributed by atoms with van der Waals surface area (Å²) in [5, 5.41) is 0. The summed E-state index contributed by atoms with van der Waals surface area (Å²) < 4.78 is 24.4. The number of nitrogens with zero attached hydrogens (tertiary/aromatic N) is 1. The smallest absolute Gasteiger partial charge is 0.280 e. The lowest BCUT2D eigenvalue weighted by molar-refractivity contribution is 0.146. The number of rotatable bonds is 3. The molecule has 13 heavy (non-hydrogen) atoms. The van der Waals surface area contributed by atoms with Crippen molar-refractivity contribution in [3.8, 4) is 0 Å². The Morgan fingerprint density at radius 3 is 2.69 bits per heavy atom. The molecule has 0 aliphatic heterocycles. The minimum absolute atomic E-state index is 0.0552. The van der Waals surface area contributed by atoms with E-state index in [1.165, 1.54) is 6.07 Å². The molecule has 2 N–H and O–H groups in total. The molecule has 2 nitrogen and oxygen atoms in total. The van der Waals surface area contributed by atoms with Crippen molar-refractivity contribution in [2.45, 2.75) is 25.8 Å². The highest BCUT2D eigenvalue weighted by Gasteiger charge is 2.09. The van der Waals surface area contributed by atoms with Crippen molar-refractivity contribution < 1.29 is 8.78 Å². The zero-order valence-electron chi connectivity index (χ0n) is 7.37. The van der Waals surface area contributed by atoms with Crippen LogP contribution in [0.1, 0.15) is 24.7 Å². The quantitative estimate of drug-likeness (QED) is 0.783. The summed E-state index contributed by atoms with van der Waals surface area (Å²) in [6.45, 7) is 1.82. The maximum atomic E-state index is 12.2. The maximum absolute atomic E-state index is 12.2. The van der Waals surface area contributed by atoms with Gasteiger partial charge in [-0.2, -0.15) is 0 Å². The Morgan fingerprint density at radius 2 is 2.15 bits per heavy atom. The molecule has 0 saturated carbocycles. The van der Waals surface area contributed by atoms with E-state index in [1.807, 2.05) is 6.92 Å². The molecule has 1 heterocycles. The van der Waals surface area contributed by atoms with Gasteiger partial charge < -0.3 is 5.73 Å². The van der Waals surface area contributed by atoms with Gasteiger partial charge >= 0.3 is 0 Å². The normalized spacial score (nSPS) is 13.3. The number of alkyl halides is 2. The van der Waals surface area contributed by atoms with Gasteiger partial charge in [0.1, 0.15) is 5.69 Å². The molecule has 0 radical (unpaired) electrons. The highest BCUT2D eigenvalue weighted by molar-refractivity contribution is 5.12. The molecule has 1 rings (SSSR count). The van der Waals surface area contributed by atoms with E-state index in [2.05, 4.69) is 4.98 Å². The predicted molar refractivity (Wildman–Crippen MR) is 46.5 cm³/mol. The van der Waals surface area contributed by atoms with E-state index in [-0.39, 0.29) is 11.7 Å². The Hall–Kier alpha value is -1.03. The van der Waals surface area contributed by atoms with Crippen molar-refractivity contribution in [3.63, 3.8) is 0 Å². The van der Waals surface area contributed by atoms with Gasteiger partial charge in [-0.15, -0.1) is 0 Å². The van der Waals surface area contributed by atoms with E-state index in [0.29, 0.717) is 12.1 Å². The molecule has 4 heteroatoms.